The van der Waals surface area contributed by atoms with Gasteiger partial charge in [-0.05, 0) is 38.4 Å². The first-order valence-corrected chi connectivity index (χ1v) is 7.54. The lowest BCUT2D eigenvalue weighted by Crippen LogP contribution is -2.45. The monoisotopic (exact) mass is 279 g/mol. The molecule has 1 aromatic rings. The SMILES string of the molecule is CC1(O)CCCN(Cc2ccc(C#CCCO)s2)C1. The molecule has 1 unspecified atom stereocenters. The Morgan fingerprint density at radius 1 is 1.47 bits per heavy atom. The Morgan fingerprint density at radius 3 is 3.05 bits per heavy atom. The topological polar surface area (TPSA) is 43.7 Å². The van der Waals surface area contributed by atoms with E-state index in [0.717, 1.165) is 37.4 Å². The highest BCUT2D eigenvalue weighted by Gasteiger charge is 2.28. The molecule has 0 spiro atoms. The molecule has 1 aliphatic heterocycles. The van der Waals surface area contributed by atoms with Crippen molar-refractivity contribution in [3.8, 4) is 11.8 Å². The van der Waals surface area contributed by atoms with Crippen LogP contribution in [0.15, 0.2) is 12.1 Å². The summed E-state index contributed by atoms with van der Waals surface area (Å²) in [6, 6.07) is 4.14. The predicted octanol–water partition coefficient (Wildman–Crippen LogP) is 1.83. The summed E-state index contributed by atoms with van der Waals surface area (Å²) >= 11 is 1.70. The summed E-state index contributed by atoms with van der Waals surface area (Å²) in [5.74, 6) is 6.00. The van der Waals surface area contributed by atoms with Crippen LogP contribution in [0, 0.1) is 11.8 Å². The lowest BCUT2D eigenvalue weighted by molar-refractivity contribution is -0.0178. The molecule has 1 aromatic heterocycles. The molecule has 0 bridgehead atoms. The van der Waals surface area contributed by atoms with Crippen LogP contribution < -0.4 is 0 Å². The van der Waals surface area contributed by atoms with Gasteiger partial charge in [0.25, 0.3) is 0 Å². The summed E-state index contributed by atoms with van der Waals surface area (Å²) in [4.78, 5) is 4.64. The van der Waals surface area contributed by atoms with Gasteiger partial charge in [0.15, 0.2) is 0 Å². The van der Waals surface area contributed by atoms with Gasteiger partial charge in [-0.15, -0.1) is 11.3 Å². The highest BCUT2D eigenvalue weighted by molar-refractivity contribution is 7.12. The minimum Gasteiger partial charge on any atom is -0.395 e. The number of β-amino-alcohol motifs (C(OH)–C–C–N with tert-alkyl or cyclic N) is 1. The van der Waals surface area contributed by atoms with Crippen LogP contribution in [0.25, 0.3) is 0 Å². The molecule has 1 aliphatic rings. The molecule has 1 saturated heterocycles. The first-order valence-electron chi connectivity index (χ1n) is 6.72. The second kappa shape index (κ2) is 6.53. The Morgan fingerprint density at radius 2 is 2.32 bits per heavy atom. The molecule has 0 radical (unpaired) electrons. The van der Waals surface area contributed by atoms with Gasteiger partial charge in [-0.2, -0.15) is 0 Å². The van der Waals surface area contributed by atoms with Crippen molar-refractivity contribution in [2.24, 2.45) is 0 Å². The number of aliphatic hydroxyl groups excluding tert-OH is 1. The summed E-state index contributed by atoms with van der Waals surface area (Å²) < 4.78 is 0. The molecule has 3 nitrogen and oxygen atoms in total. The number of rotatable bonds is 3. The summed E-state index contributed by atoms with van der Waals surface area (Å²) in [5, 5.41) is 18.8. The normalized spacial score (nSPS) is 23.9. The minimum atomic E-state index is -0.542. The van der Waals surface area contributed by atoms with Crippen molar-refractivity contribution in [3.05, 3.63) is 21.9 Å². The molecule has 2 heterocycles. The Balaban J connectivity index is 1.91. The smallest absolute Gasteiger partial charge is 0.0771 e. The van der Waals surface area contributed by atoms with Crippen LogP contribution in [-0.4, -0.2) is 40.4 Å². The van der Waals surface area contributed by atoms with Gasteiger partial charge < -0.3 is 10.2 Å². The van der Waals surface area contributed by atoms with Gasteiger partial charge in [-0.1, -0.05) is 11.8 Å². The molecule has 1 fully saturated rings. The van der Waals surface area contributed by atoms with Crippen molar-refractivity contribution in [3.63, 3.8) is 0 Å². The van der Waals surface area contributed by atoms with Crippen molar-refractivity contribution in [1.29, 1.82) is 0 Å². The van der Waals surface area contributed by atoms with E-state index in [1.54, 1.807) is 11.3 Å². The molecule has 0 amide bonds. The van der Waals surface area contributed by atoms with Gasteiger partial charge in [0.1, 0.15) is 0 Å². The Labute approximate surface area is 118 Å². The van der Waals surface area contributed by atoms with Crippen molar-refractivity contribution in [2.45, 2.75) is 38.3 Å². The third-order valence-corrected chi connectivity index (χ3v) is 4.23. The number of piperidine rings is 1. The maximum atomic E-state index is 10.1. The number of likely N-dealkylation sites (tertiary alicyclic amines) is 1. The van der Waals surface area contributed by atoms with E-state index >= 15 is 0 Å². The first-order chi connectivity index (χ1) is 9.09. The number of thiophene rings is 1. The lowest BCUT2D eigenvalue weighted by Gasteiger charge is -2.36. The largest absolute Gasteiger partial charge is 0.395 e. The zero-order valence-corrected chi connectivity index (χ0v) is 12.2. The molecule has 0 aliphatic carbocycles. The first kappa shape index (κ1) is 14.5. The second-order valence-corrected chi connectivity index (χ2v) is 6.52. The summed E-state index contributed by atoms with van der Waals surface area (Å²) in [7, 11) is 0. The fourth-order valence-corrected chi connectivity index (χ4v) is 3.34. The summed E-state index contributed by atoms with van der Waals surface area (Å²) in [6.07, 6.45) is 2.48. The third kappa shape index (κ3) is 4.63. The third-order valence-electron chi connectivity index (χ3n) is 3.24. The molecule has 104 valence electrons. The van der Waals surface area contributed by atoms with E-state index in [4.69, 9.17) is 5.11 Å². The van der Waals surface area contributed by atoms with Crippen LogP contribution in [0.4, 0.5) is 0 Å². The van der Waals surface area contributed by atoms with E-state index in [9.17, 15) is 5.11 Å². The van der Waals surface area contributed by atoms with Gasteiger partial charge in [0.05, 0.1) is 17.1 Å². The maximum Gasteiger partial charge on any atom is 0.0771 e. The average Bonchev–Trinajstić information content (AvgIpc) is 2.76. The lowest BCUT2D eigenvalue weighted by atomic mass is 9.95. The van der Waals surface area contributed by atoms with Gasteiger partial charge in [0, 0.05) is 24.4 Å². The Hall–Kier alpha value is -0.860. The quantitative estimate of drug-likeness (QED) is 0.830. The molecule has 2 N–H and O–H groups in total. The highest BCUT2D eigenvalue weighted by Crippen LogP contribution is 2.24. The molecule has 1 atom stereocenters. The molecule has 2 rings (SSSR count). The number of hydrogen-bond donors (Lipinski definition) is 2. The predicted molar refractivity (Wildman–Crippen MR) is 78.0 cm³/mol. The van der Waals surface area contributed by atoms with Crippen molar-refractivity contribution in [1.82, 2.24) is 4.90 Å². The molecular weight excluding hydrogens is 258 g/mol. The van der Waals surface area contributed by atoms with E-state index in [-0.39, 0.29) is 6.61 Å². The van der Waals surface area contributed by atoms with Crippen molar-refractivity contribution < 1.29 is 10.2 Å². The van der Waals surface area contributed by atoms with E-state index < -0.39 is 5.60 Å². The molecular formula is C15H21NO2S. The van der Waals surface area contributed by atoms with E-state index in [0.29, 0.717) is 6.42 Å². The fourth-order valence-electron chi connectivity index (χ4n) is 2.41. The van der Waals surface area contributed by atoms with Crippen molar-refractivity contribution >= 4 is 11.3 Å². The number of nitrogens with zero attached hydrogens (tertiary/aromatic N) is 1. The molecule has 4 heteroatoms. The van der Waals surface area contributed by atoms with E-state index in [1.807, 2.05) is 13.0 Å². The Bertz CT molecular complexity index is 470. The van der Waals surface area contributed by atoms with Crippen LogP contribution in [0.2, 0.25) is 0 Å². The zero-order valence-electron chi connectivity index (χ0n) is 11.4. The zero-order chi connectivity index (χ0) is 13.7. The van der Waals surface area contributed by atoms with Gasteiger partial charge in [-0.3, -0.25) is 4.90 Å². The van der Waals surface area contributed by atoms with E-state index in [2.05, 4.69) is 22.8 Å². The highest BCUT2D eigenvalue weighted by atomic mass is 32.1. The Kier molecular flexibility index (Phi) is 5.00. The molecule has 19 heavy (non-hydrogen) atoms. The van der Waals surface area contributed by atoms with Gasteiger partial charge in [0.2, 0.25) is 0 Å². The van der Waals surface area contributed by atoms with Gasteiger partial charge >= 0.3 is 0 Å². The number of aliphatic hydroxyl groups is 2. The maximum absolute atomic E-state index is 10.1. The van der Waals surface area contributed by atoms with Crippen LogP contribution in [0.5, 0.6) is 0 Å². The fraction of sp³-hybridized carbons (Fsp3) is 0.600. The van der Waals surface area contributed by atoms with Crippen LogP contribution >= 0.6 is 11.3 Å². The van der Waals surface area contributed by atoms with Crippen LogP contribution in [0.1, 0.15) is 35.9 Å². The summed E-state index contributed by atoms with van der Waals surface area (Å²) in [6.45, 7) is 4.73. The van der Waals surface area contributed by atoms with Crippen molar-refractivity contribution in [2.75, 3.05) is 19.7 Å². The standard InChI is InChI=1S/C15H21NO2S/c1-15(18)8-4-9-16(12-15)11-14-7-6-13(19-14)5-2-3-10-17/h6-7,17-18H,3-4,8-12H2,1H3. The number of hydrogen-bond acceptors (Lipinski definition) is 4. The van der Waals surface area contributed by atoms with E-state index in [1.165, 1.54) is 4.88 Å². The van der Waals surface area contributed by atoms with Crippen LogP contribution in [-0.2, 0) is 6.54 Å². The summed E-state index contributed by atoms with van der Waals surface area (Å²) in [5.41, 5.74) is -0.542. The second-order valence-electron chi connectivity index (χ2n) is 5.35. The van der Waals surface area contributed by atoms with Gasteiger partial charge in [-0.25, -0.2) is 0 Å². The average molecular weight is 279 g/mol. The minimum absolute atomic E-state index is 0.119. The molecule has 0 aromatic carbocycles. The van der Waals surface area contributed by atoms with Crippen LogP contribution in [0.3, 0.4) is 0 Å². The molecule has 0 saturated carbocycles.